The van der Waals surface area contributed by atoms with Gasteiger partial charge in [-0.3, -0.25) is 4.90 Å². The molecule has 0 aromatic carbocycles. The summed E-state index contributed by atoms with van der Waals surface area (Å²) in [5.41, 5.74) is 0. The van der Waals surface area contributed by atoms with Gasteiger partial charge >= 0.3 is 0 Å². The van der Waals surface area contributed by atoms with E-state index in [9.17, 15) is 0 Å². The molecule has 0 saturated carbocycles. The highest BCUT2D eigenvalue weighted by molar-refractivity contribution is 5.13. The summed E-state index contributed by atoms with van der Waals surface area (Å²) < 4.78 is 5.26. The highest BCUT2D eigenvalue weighted by Gasteiger charge is 2.23. The van der Waals surface area contributed by atoms with E-state index in [0.717, 1.165) is 31.9 Å². The average Bonchev–Trinajstić information content (AvgIpc) is 2.74. The Labute approximate surface area is 83.1 Å². The van der Waals surface area contributed by atoms with Crippen LogP contribution in [0, 0.1) is 11.3 Å². The van der Waals surface area contributed by atoms with E-state index < -0.39 is 0 Å². The van der Waals surface area contributed by atoms with Gasteiger partial charge in [-0.25, -0.2) is 0 Å². The molecule has 1 saturated heterocycles. The summed E-state index contributed by atoms with van der Waals surface area (Å²) in [6, 6.07) is 5.73. The first-order chi connectivity index (χ1) is 6.92. The van der Waals surface area contributed by atoms with Crippen LogP contribution in [0.5, 0.6) is 0 Å². The second-order valence-electron chi connectivity index (χ2n) is 3.33. The molecule has 1 aromatic rings. The van der Waals surface area contributed by atoms with Crippen molar-refractivity contribution in [3.8, 4) is 6.07 Å². The Kier molecular flexibility index (Phi) is 2.82. The summed E-state index contributed by atoms with van der Waals surface area (Å²) in [4.78, 5) is 2.13. The lowest BCUT2D eigenvalue weighted by Crippen LogP contribution is -2.44. The van der Waals surface area contributed by atoms with Crippen LogP contribution >= 0.6 is 0 Å². The lowest BCUT2D eigenvalue weighted by atomic mass is 10.2. The summed E-state index contributed by atoms with van der Waals surface area (Å²) in [6.07, 6.45) is 1.61. The molecule has 0 amide bonds. The molecule has 0 radical (unpaired) electrons. The Balaban J connectivity index is 2.09. The fraction of sp³-hybridized carbons (Fsp3) is 0.500. The molecule has 0 spiro atoms. The van der Waals surface area contributed by atoms with Gasteiger partial charge in [-0.1, -0.05) is 0 Å². The third-order valence-electron chi connectivity index (χ3n) is 2.45. The molecule has 0 aliphatic carbocycles. The van der Waals surface area contributed by atoms with Crippen LogP contribution in [0.4, 0.5) is 0 Å². The van der Waals surface area contributed by atoms with E-state index in [0.29, 0.717) is 0 Å². The van der Waals surface area contributed by atoms with Crippen molar-refractivity contribution in [3.63, 3.8) is 0 Å². The highest BCUT2D eigenvalue weighted by Crippen LogP contribution is 2.20. The molecular formula is C10H13N3O. The molecule has 74 valence electrons. The zero-order valence-electron chi connectivity index (χ0n) is 7.94. The number of nitrogens with zero attached hydrogens (tertiary/aromatic N) is 2. The summed E-state index contributed by atoms with van der Waals surface area (Å²) in [5.74, 6) is 0.745. The molecule has 1 aliphatic rings. The van der Waals surface area contributed by atoms with Crippen molar-refractivity contribution in [2.24, 2.45) is 0 Å². The summed E-state index contributed by atoms with van der Waals surface area (Å²) in [6.45, 7) is 3.69. The van der Waals surface area contributed by atoms with Crippen molar-refractivity contribution in [1.29, 1.82) is 5.26 Å². The molecule has 1 atom stereocenters. The number of piperazine rings is 1. The molecule has 14 heavy (non-hydrogen) atoms. The molecule has 2 rings (SSSR count). The van der Waals surface area contributed by atoms with Crippen LogP contribution in [-0.2, 0) is 0 Å². The quantitative estimate of drug-likeness (QED) is 0.749. The van der Waals surface area contributed by atoms with E-state index in [1.54, 1.807) is 6.26 Å². The molecule has 2 heterocycles. The Morgan fingerprint density at radius 2 is 2.29 bits per heavy atom. The third kappa shape index (κ3) is 1.79. The van der Waals surface area contributed by atoms with Crippen molar-refractivity contribution in [2.45, 2.75) is 6.04 Å². The van der Waals surface area contributed by atoms with Crippen molar-refractivity contribution in [3.05, 3.63) is 24.2 Å². The molecular weight excluding hydrogens is 178 g/mol. The maximum atomic E-state index is 9.08. The number of hydrogen-bond acceptors (Lipinski definition) is 4. The monoisotopic (exact) mass is 191 g/mol. The van der Waals surface area contributed by atoms with Crippen LogP contribution in [-0.4, -0.2) is 31.1 Å². The van der Waals surface area contributed by atoms with E-state index in [1.165, 1.54) is 0 Å². The first-order valence-electron chi connectivity index (χ1n) is 4.79. The zero-order valence-corrected chi connectivity index (χ0v) is 7.94. The smallest absolute Gasteiger partial charge is 0.156 e. The van der Waals surface area contributed by atoms with E-state index in [1.807, 2.05) is 12.1 Å². The lowest BCUT2D eigenvalue weighted by Gasteiger charge is -2.29. The normalized spacial score (nSPS) is 20.2. The highest BCUT2D eigenvalue weighted by atomic mass is 16.3. The van der Waals surface area contributed by atoms with Gasteiger partial charge in [-0.2, -0.15) is 5.26 Å². The minimum Gasteiger partial charge on any atom is -0.467 e. The number of nitriles is 1. The van der Waals surface area contributed by atoms with Gasteiger partial charge in [0.1, 0.15) is 5.76 Å². The molecule has 4 heteroatoms. The van der Waals surface area contributed by atoms with E-state index >= 15 is 0 Å². The van der Waals surface area contributed by atoms with Crippen LogP contribution in [0.2, 0.25) is 0 Å². The van der Waals surface area contributed by atoms with Crippen LogP contribution in [0.3, 0.4) is 0 Å². The second kappa shape index (κ2) is 4.27. The molecule has 1 unspecified atom stereocenters. The SMILES string of the molecule is N#CC(c1ccco1)N1CCNCC1. The van der Waals surface area contributed by atoms with Crippen LogP contribution in [0.1, 0.15) is 11.8 Å². The Bertz CT molecular complexity index is 309. The topological polar surface area (TPSA) is 52.2 Å². The summed E-state index contributed by atoms with van der Waals surface area (Å²) in [5, 5.41) is 12.3. The fourth-order valence-electron chi connectivity index (χ4n) is 1.71. The standard InChI is InChI=1S/C10H13N3O/c11-8-9(10-2-1-7-14-10)13-5-3-12-4-6-13/h1-2,7,9,12H,3-6H2. The van der Waals surface area contributed by atoms with Gasteiger partial charge in [0, 0.05) is 26.2 Å². The molecule has 1 aromatic heterocycles. The van der Waals surface area contributed by atoms with Crippen LogP contribution in [0.15, 0.2) is 22.8 Å². The Morgan fingerprint density at radius 1 is 1.50 bits per heavy atom. The summed E-state index contributed by atoms with van der Waals surface area (Å²) in [7, 11) is 0. The Morgan fingerprint density at radius 3 is 2.86 bits per heavy atom. The molecule has 1 aliphatic heterocycles. The van der Waals surface area contributed by atoms with Gasteiger partial charge in [0.05, 0.1) is 12.3 Å². The predicted octanol–water partition coefficient (Wildman–Crippen LogP) is 0.749. The lowest BCUT2D eigenvalue weighted by molar-refractivity contribution is 0.189. The van der Waals surface area contributed by atoms with E-state index in [-0.39, 0.29) is 6.04 Å². The molecule has 1 N–H and O–H groups in total. The van der Waals surface area contributed by atoms with Gasteiger partial charge in [-0.05, 0) is 12.1 Å². The minimum atomic E-state index is -0.230. The van der Waals surface area contributed by atoms with Gasteiger partial charge in [-0.15, -0.1) is 0 Å². The third-order valence-corrected chi connectivity index (χ3v) is 2.45. The number of rotatable bonds is 2. The predicted molar refractivity (Wildman–Crippen MR) is 51.5 cm³/mol. The maximum absolute atomic E-state index is 9.08. The van der Waals surface area contributed by atoms with Crippen molar-refractivity contribution in [2.75, 3.05) is 26.2 Å². The first kappa shape index (κ1) is 9.25. The van der Waals surface area contributed by atoms with Gasteiger partial charge in [0.25, 0.3) is 0 Å². The van der Waals surface area contributed by atoms with Crippen molar-refractivity contribution < 1.29 is 4.42 Å². The zero-order chi connectivity index (χ0) is 9.80. The average molecular weight is 191 g/mol. The van der Waals surface area contributed by atoms with E-state index in [2.05, 4.69) is 16.3 Å². The van der Waals surface area contributed by atoms with Gasteiger partial charge in [0.2, 0.25) is 0 Å². The number of furan rings is 1. The molecule has 0 bridgehead atoms. The van der Waals surface area contributed by atoms with Crippen LogP contribution in [0.25, 0.3) is 0 Å². The van der Waals surface area contributed by atoms with Gasteiger partial charge in [0.15, 0.2) is 6.04 Å². The maximum Gasteiger partial charge on any atom is 0.156 e. The van der Waals surface area contributed by atoms with E-state index in [4.69, 9.17) is 9.68 Å². The number of nitrogens with one attached hydrogen (secondary N) is 1. The van der Waals surface area contributed by atoms with Crippen LogP contribution < -0.4 is 5.32 Å². The first-order valence-corrected chi connectivity index (χ1v) is 4.79. The number of hydrogen-bond donors (Lipinski definition) is 1. The van der Waals surface area contributed by atoms with Gasteiger partial charge < -0.3 is 9.73 Å². The Hall–Kier alpha value is -1.31. The minimum absolute atomic E-state index is 0.230. The molecule has 1 fully saturated rings. The fourth-order valence-corrected chi connectivity index (χ4v) is 1.71. The summed E-state index contributed by atoms with van der Waals surface area (Å²) >= 11 is 0. The second-order valence-corrected chi connectivity index (χ2v) is 3.33. The van der Waals surface area contributed by atoms with Crippen molar-refractivity contribution >= 4 is 0 Å². The largest absolute Gasteiger partial charge is 0.467 e. The molecule has 4 nitrogen and oxygen atoms in total. The van der Waals surface area contributed by atoms with Crippen molar-refractivity contribution in [1.82, 2.24) is 10.2 Å².